The number of hydrogen-bond donors (Lipinski definition) is 1. The number of aliphatic hydroxyl groups is 1. The molecular formula is C13H12O3. The van der Waals surface area contributed by atoms with Gasteiger partial charge in [0.2, 0.25) is 0 Å². The molecule has 0 aromatic heterocycles. The number of benzene rings is 1. The van der Waals surface area contributed by atoms with E-state index in [2.05, 4.69) is 0 Å². The number of aliphatic hydroxyl groups excluding tert-OH is 1. The highest BCUT2D eigenvalue weighted by Gasteiger charge is 2.16. The molecule has 0 atom stereocenters. The molecule has 0 bridgehead atoms. The van der Waals surface area contributed by atoms with Crippen LogP contribution in [0.2, 0.25) is 0 Å². The van der Waals surface area contributed by atoms with E-state index in [1.807, 2.05) is 24.3 Å². The predicted octanol–water partition coefficient (Wildman–Crippen LogP) is 2.58. The largest absolute Gasteiger partial charge is 0.515 e. The number of para-hydroxylation sites is 1. The lowest BCUT2D eigenvalue weighted by Crippen LogP contribution is -2.05. The van der Waals surface area contributed by atoms with Gasteiger partial charge in [0.15, 0.2) is 5.78 Å². The molecule has 1 aliphatic rings. The molecule has 16 heavy (non-hydrogen) atoms. The van der Waals surface area contributed by atoms with Crippen molar-refractivity contribution in [1.29, 1.82) is 0 Å². The van der Waals surface area contributed by atoms with Gasteiger partial charge in [0.25, 0.3) is 0 Å². The SMILES string of the molecule is CC(=O)/C(=C\O)c1cccc2c1OCC=C2. The summed E-state index contributed by atoms with van der Waals surface area (Å²) in [5.41, 5.74) is 1.83. The number of allylic oxidation sites excluding steroid dienone is 1. The van der Waals surface area contributed by atoms with E-state index in [0.29, 0.717) is 17.9 Å². The summed E-state index contributed by atoms with van der Waals surface area (Å²) in [5, 5.41) is 9.10. The van der Waals surface area contributed by atoms with Crippen molar-refractivity contribution in [1.82, 2.24) is 0 Å². The maximum Gasteiger partial charge on any atom is 0.163 e. The van der Waals surface area contributed by atoms with Crippen LogP contribution < -0.4 is 4.74 Å². The highest BCUT2D eigenvalue weighted by atomic mass is 16.5. The summed E-state index contributed by atoms with van der Waals surface area (Å²) in [6.45, 7) is 1.90. The maximum atomic E-state index is 11.4. The number of ether oxygens (including phenoxy) is 1. The molecular weight excluding hydrogens is 204 g/mol. The molecule has 1 N–H and O–H groups in total. The standard InChI is InChI=1S/C13H12O3/c1-9(15)12(8-14)11-6-2-4-10-5-3-7-16-13(10)11/h2-6,8,14H,7H2,1H3/b12-8+. The fourth-order valence-electron chi connectivity index (χ4n) is 1.72. The number of fused-ring (bicyclic) bond motifs is 1. The molecule has 1 aliphatic heterocycles. The summed E-state index contributed by atoms with van der Waals surface area (Å²) < 4.78 is 5.50. The smallest absolute Gasteiger partial charge is 0.163 e. The molecule has 1 aromatic carbocycles. The Morgan fingerprint density at radius 1 is 1.50 bits per heavy atom. The van der Waals surface area contributed by atoms with Gasteiger partial charge in [-0.15, -0.1) is 0 Å². The Kier molecular flexibility index (Phi) is 2.77. The minimum absolute atomic E-state index is 0.186. The molecule has 0 spiro atoms. The quantitative estimate of drug-likeness (QED) is 0.610. The summed E-state index contributed by atoms with van der Waals surface area (Å²) in [4.78, 5) is 11.4. The van der Waals surface area contributed by atoms with Gasteiger partial charge in [-0.05, 0) is 13.0 Å². The van der Waals surface area contributed by atoms with Crippen molar-refractivity contribution < 1.29 is 14.6 Å². The number of ketones is 1. The van der Waals surface area contributed by atoms with E-state index >= 15 is 0 Å². The average Bonchev–Trinajstić information content (AvgIpc) is 2.30. The second kappa shape index (κ2) is 4.23. The summed E-state index contributed by atoms with van der Waals surface area (Å²) in [5.74, 6) is 0.467. The lowest BCUT2D eigenvalue weighted by molar-refractivity contribution is -0.111. The van der Waals surface area contributed by atoms with Crippen LogP contribution in [-0.2, 0) is 4.79 Å². The normalized spacial score (nSPS) is 14.2. The first-order valence-electron chi connectivity index (χ1n) is 5.02. The Morgan fingerprint density at radius 3 is 3.00 bits per heavy atom. The second-order valence-electron chi connectivity index (χ2n) is 3.54. The fraction of sp³-hybridized carbons (Fsp3) is 0.154. The number of rotatable bonds is 2. The van der Waals surface area contributed by atoms with Gasteiger partial charge in [0.05, 0.1) is 11.8 Å². The minimum atomic E-state index is -0.186. The molecule has 2 rings (SSSR count). The Hall–Kier alpha value is -2.03. The van der Waals surface area contributed by atoms with Crippen molar-refractivity contribution in [3.05, 3.63) is 41.7 Å². The molecule has 0 saturated heterocycles. The first-order valence-corrected chi connectivity index (χ1v) is 5.02. The van der Waals surface area contributed by atoms with Crippen molar-refractivity contribution in [2.75, 3.05) is 6.61 Å². The fourth-order valence-corrected chi connectivity index (χ4v) is 1.72. The number of carbonyl (C=O) groups excluding carboxylic acids is 1. The zero-order chi connectivity index (χ0) is 11.5. The Labute approximate surface area is 93.7 Å². The van der Waals surface area contributed by atoms with Gasteiger partial charge in [-0.1, -0.05) is 24.3 Å². The Bertz CT molecular complexity index is 484. The highest BCUT2D eigenvalue weighted by Crippen LogP contribution is 2.32. The molecule has 3 nitrogen and oxygen atoms in total. The van der Waals surface area contributed by atoms with Crippen LogP contribution in [0.1, 0.15) is 18.1 Å². The van der Waals surface area contributed by atoms with E-state index in [-0.39, 0.29) is 11.4 Å². The molecule has 1 aromatic rings. The van der Waals surface area contributed by atoms with Crippen LogP contribution in [-0.4, -0.2) is 17.5 Å². The zero-order valence-electron chi connectivity index (χ0n) is 8.93. The molecule has 0 radical (unpaired) electrons. The molecule has 0 saturated carbocycles. The zero-order valence-corrected chi connectivity index (χ0v) is 8.93. The van der Waals surface area contributed by atoms with Gasteiger partial charge in [0, 0.05) is 11.1 Å². The number of Topliss-reactive ketones (excluding diaryl/α,β-unsaturated/α-hetero) is 1. The van der Waals surface area contributed by atoms with Crippen LogP contribution in [0.3, 0.4) is 0 Å². The van der Waals surface area contributed by atoms with E-state index < -0.39 is 0 Å². The third-order valence-corrected chi connectivity index (χ3v) is 2.47. The second-order valence-corrected chi connectivity index (χ2v) is 3.54. The number of hydrogen-bond acceptors (Lipinski definition) is 3. The Balaban J connectivity index is 2.58. The predicted molar refractivity (Wildman–Crippen MR) is 62.3 cm³/mol. The molecule has 82 valence electrons. The third kappa shape index (κ3) is 1.72. The van der Waals surface area contributed by atoms with Crippen LogP contribution in [0, 0.1) is 0 Å². The molecule has 0 unspecified atom stereocenters. The number of carbonyl (C=O) groups is 1. The summed E-state index contributed by atoms with van der Waals surface area (Å²) in [6.07, 6.45) is 4.68. The van der Waals surface area contributed by atoms with Crippen molar-refractivity contribution in [2.24, 2.45) is 0 Å². The average molecular weight is 216 g/mol. The summed E-state index contributed by atoms with van der Waals surface area (Å²) in [7, 11) is 0. The molecule has 0 fully saturated rings. The van der Waals surface area contributed by atoms with Crippen molar-refractivity contribution in [2.45, 2.75) is 6.92 Å². The van der Waals surface area contributed by atoms with E-state index in [9.17, 15) is 4.79 Å². The molecule has 0 aliphatic carbocycles. The van der Waals surface area contributed by atoms with Gasteiger partial charge in [0.1, 0.15) is 12.4 Å². The Morgan fingerprint density at radius 2 is 2.31 bits per heavy atom. The van der Waals surface area contributed by atoms with Crippen LogP contribution in [0.25, 0.3) is 11.6 Å². The van der Waals surface area contributed by atoms with E-state index in [0.717, 1.165) is 11.8 Å². The lowest BCUT2D eigenvalue weighted by Gasteiger charge is -2.16. The van der Waals surface area contributed by atoms with Gasteiger partial charge < -0.3 is 9.84 Å². The van der Waals surface area contributed by atoms with Gasteiger partial charge in [-0.2, -0.15) is 0 Å². The van der Waals surface area contributed by atoms with Crippen LogP contribution >= 0.6 is 0 Å². The monoisotopic (exact) mass is 216 g/mol. The first kappa shape index (κ1) is 10.5. The maximum absolute atomic E-state index is 11.4. The van der Waals surface area contributed by atoms with Gasteiger partial charge >= 0.3 is 0 Å². The van der Waals surface area contributed by atoms with Crippen molar-refractivity contribution >= 4 is 17.4 Å². The molecule has 0 amide bonds. The van der Waals surface area contributed by atoms with Gasteiger partial charge in [-0.3, -0.25) is 4.79 Å². The van der Waals surface area contributed by atoms with E-state index in [1.54, 1.807) is 6.07 Å². The van der Waals surface area contributed by atoms with Crippen molar-refractivity contribution in [3.63, 3.8) is 0 Å². The summed E-state index contributed by atoms with van der Waals surface area (Å²) in [6, 6.07) is 5.50. The van der Waals surface area contributed by atoms with E-state index in [4.69, 9.17) is 9.84 Å². The summed E-state index contributed by atoms with van der Waals surface area (Å²) >= 11 is 0. The van der Waals surface area contributed by atoms with Crippen LogP contribution in [0.15, 0.2) is 30.5 Å². The lowest BCUT2D eigenvalue weighted by atomic mass is 9.99. The first-order chi connectivity index (χ1) is 7.74. The topological polar surface area (TPSA) is 46.5 Å². The highest BCUT2D eigenvalue weighted by molar-refractivity contribution is 6.20. The van der Waals surface area contributed by atoms with Crippen LogP contribution in [0.4, 0.5) is 0 Å². The molecule has 3 heteroatoms. The van der Waals surface area contributed by atoms with E-state index in [1.165, 1.54) is 6.92 Å². The van der Waals surface area contributed by atoms with Crippen LogP contribution in [0.5, 0.6) is 5.75 Å². The van der Waals surface area contributed by atoms with Gasteiger partial charge in [-0.25, -0.2) is 0 Å². The molecule has 1 heterocycles. The van der Waals surface area contributed by atoms with Crippen molar-refractivity contribution in [3.8, 4) is 5.75 Å². The minimum Gasteiger partial charge on any atom is -0.515 e. The third-order valence-electron chi connectivity index (χ3n) is 2.47.